The van der Waals surface area contributed by atoms with Gasteiger partial charge in [-0.15, -0.1) is 0 Å². The number of hydrazone groups is 1. The van der Waals surface area contributed by atoms with Gasteiger partial charge in [-0.3, -0.25) is 9.10 Å². The maximum Gasteiger partial charge on any atom is 0.265 e. The predicted octanol–water partition coefficient (Wildman–Crippen LogP) is 2.78. The number of carbonyl (C=O) groups excluding carboxylic acids is 1. The first-order chi connectivity index (χ1) is 13.4. The van der Waals surface area contributed by atoms with Gasteiger partial charge in [-0.25, -0.2) is 22.6 Å². The number of hydrogen-bond acceptors (Lipinski definition) is 4. The molecule has 3 aromatic carbocycles. The van der Waals surface area contributed by atoms with Crippen molar-refractivity contribution >= 4 is 38.6 Å². The summed E-state index contributed by atoms with van der Waals surface area (Å²) in [5.74, 6) is -2.41. The molecule has 1 heterocycles. The summed E-state index contributed by atoms with van der Waals surface area (Å²) >= 11 is 0. The average molecular weight is 401 g/mol. The van der Waals surface area contributed by atoms with E-state index in [2.05, 4.69) is 10.5 Å². The third-order valence-electron chi connectivity index (χ3n) is 4.35. The van der Waals surface area contributed by atoms with Crippen molar-refractivity contribution in [3.63, 3.8) is 0 Å². The molecule has 6 nitrogen and oxygen atoms in total. The molecule has 0 fully saturated rings. The van der Waals surface area contributed by atoms with Crippen molar-refractivity contribution in [2.75, 3.05) is 10.8 Å². The summed E-state index contributed by atoms with van der Waals surface area (Å²) < 4.78 is 53.7. The fraction of sp³-hybridized carbons (Fsp3) is 0.0526. The Morgan fingerprint density at radius 1 is 1.04 bits per heavy atom. The molecule has 0 atom stereocenters. The van der Waals surface area contributed by atoms with Gasteiger partial charge in [0.05, 0.1) is 22.4 Å². The van der Waals surface area contributed by atoms with Gasteiger partial charge < -0.3 is 0 Å². The lowest BCUT2D eigenvalue weighted by atomic mass is 10.1. The number of hydrogen-bond donors (Lipinski definition) is 1. The van der Waals surface area contributed by atoms with E-state index < -0.39 is 39.7 Å². The number of halogens is 2. The number of sulfonamides is 1. The summed E-state index contributed by atoms with van der Waals surface area (Å²) in [5, 5.41) is 4.82. The van der Waals surface area contributed by atoms with Gasteiger partial charge in [0.25, 0.3) is 15.9 Å². The molecule has 4 rings (SSSR count). The molecule has 3 aromatic rings. The Hall–Kier alpha value is -3.33. The summed E-state index contributed by atoms with van der Waals surface area (Å²) in [4.78, 5) is 12.3. The second-order valence-corrected chi connectivity index (χ2v) is 7.90. The lowest BCUT2D eigenvalue weighted by molar-refractivity contribution is -0.119. The number of rotatable bonds is 4. The summed E-state index contributed by atoms with van der Waals surface area (Å²) in [6.07, 6.45) is 0.830. The van der Waals surface area contributed by atoms with Gasteiger partial charge in [0.15, 0.2) is 0 Å². The van der Waals surface area contributed by atoms with Crippen LogP contribution in [0.25, 0.3) is 10.8 Å². The molecule has 9 heteroatoms. The molecule has 0 radical (unpaired) electrons. The number of anilines is 1. The largest absolute Gasteiger partial charge is 0.271 e. The van der Waals surface area contributed by atoms with Crippen molar-refractivity contribution in [1.29, 1.82) is 0 Å². The van der Waals surface area contributed by atoms with Gasteiger partial charge in [-0.1, -0.05) is 30.3 Å². The Morgan fingerprint density at radius 2 is 1.68 bits per heavy atom. The molecule has 1 aliphatic heterocycles. The zero-order valence-corrected chi connectivity index (χ0v) is 15.1. The number of nitrogens with one attached hydrogen (secondary N) is 1. The van der Waals surface area contributed by atoms with E-state index in [-0.39, 0.29) is 4.90 Å². The summed E-state index contributed by atoms with van der Waals surface area (Å²) in [6.45, 7) is -0.521. The molecule has 28 heavy (non-hydrogen) atoms. The first-order valence-electron chi connectivity index (χ1n) is 8.20. The highest BCUT2D eigenvalue weighted by Crippen LogP contribution is 2.41. The molecule has 0 bridgehead atoms. The molecule has 1 amide bonds. The first-order valence-corrected chi connectivity index (χ1v) is 9.64. The van der Waals surface area contributed by atoms with Gasteiger partial charge >= 0.3 is 0 Å². The van der Waals surface area contributed by atoms with Gasteiger partial charge in [0.2, 0.25) is 0 Å². The Morgan fingerprint density at radius 3 is 2.39 bits per heavy atom. The van der Waals surface area contributed by atoms with Crippen LogP contribution in [0.4, 0.5) is 14.5 Å². The summed E-state index contributed by atoms with van der Waals surface area (Å²) in [5.41, 5.74) is 2.09. The fourth-order valence-corrected chi connectivity index (χ4v) is 4.76. The van der Waals surface area contributed by atoms with Crippen LogP contribution in [0.3, 0.4) is 0 Å². The van der Waals surface area contributed by atoms with Crippen LogP contribution in [-0.2, 0) is 14.8 Å². The van der Waals surface area contributed by atoms with Crippen LogP contribution in [0.15, 0.2) is 64.6 Å². The minimum absolute atomic E-state index is 0.130. The van der Waals surface area contributed by atoms with Crippen molar-refractivity contribution < 1.29 is 22.0 Å². The monoisotopic (exact) mass is 401 g/mol. The van der Waals surface area contributed by atoms with E-state index in [1.807, 2.05) is 0 Å². The van der Waals surface area contributed by atoms with Crippen LogP contribution >= 0.6 is 0 Å². The second-order valence-electron chi connectivity index (χ2n) is 6.07. The number of benzene rings is 3. The van der Waals surface area contributed by atoms with E-state index in [0.717, 1.165) is 28.0 Å². The SMILES string of the molecule is O=C(CN1c2cccc3cccc(c23)S1(=O)=O)N/N=C\c1c(F)cccc1F. The summed E-state index contributed by atoms with van der Waals surface area (Å²) in [6, 6.07) is 13.3. The third kappa shape index (κ3) is 2.89. The smallest absolute Gasteiger partial charge is 0.265 e. The topological polar surface area (TPSA) is 78.8 Å². The average Bonchev–Trinajstić information content (AvgIpc) is 2.88. The van der Waals surface area contributed by atoms with Gasteiger partial charge in [-0.05, 0) is 29.7 Å². The van der Waals surface area contributed by atoms with Crippen LogP contribution in [0.5, 0.6) is 0 Å². The van der Waals surface area contributed by atoms with E-state index in [4.69, 9.17) is 0 Å². The van der Waals surface area contributed by atoms with E-state index in [9.17, 15) is 22.0 Å². The molecule has 0 aromatic heterocycles. The second kappa shape index (κ2) is 6.68. The first kappa shape index (κ1) is 18.1. The van der Waals surface area contributed by atoms with Crippen molar-refractivity contribution in [2.24, 2.45) is 5.10 Å². The molecular formula is C19H13F2N3O3S. The highest BCUT2D eigenvalue weighted by molar-refractivity contribution is 7.93. The molecule has 1 N–H and O–H groups in total. The molecule has 1 aliphatic rings. The summed E-state index contributed by atoms with van der Waals surface area (Å²) in [7, 11) is -3.88. The van der Waals surface area contributed by atoms with Crippen LogP contribution in [0.2, 0.25) is 0 Å². The predicted molar refractivity (Wildman–Crippen MR) is 101 cm³/mol. The van der Waals surface area contributed by atoms with Crippen LogP contribution < -0.4 is 9.73 Å². The van der Waals surface area contributed by atoms with Crippen molar-refractivity contribution in [2.45, 2.75) is 4.90 Å². The number of nitrogens with zero attached hydrogens (tertiary/aromatic N) is 2. The standard InChI is InChI=1S/C19H13F2N3O3S/c20-14-6-3-7-15(21)13(14)10-22-23-18(25)11-24-16-8-1-4-12-5-2-9-17(19(12)16)28(24,26)27/h1-10H,11H2,(H,23,25)/b22-10-. The zero-order valence-electron chi connectivity index (χ0n) is 14.3. The normalized spacial score (nSPS) is 14.7. The van der Waals surface area contributed by atoms with Gasteiger partial charge in [0.1, 0.15) is 18.2 Å². The van der Waals surface area contributed by atoms with E-state index >= 15 is 0 Å². The van der Waals surface area contributed by atoms with E-state index in [0.29, 0.717) is 11.1 Å². The Balaban J connectivity index is 1.56. The third-order valence-corrected chi connectivity index (χ3v) is 6.15. The zero-order chi connectivity index (χ0) is 19.9. The maximum absolute atomic E-state index is 13.6. The van der Waals surface area contributed by atoms with Crippen molar-refractivity contribution in [1.82, 2.24) is 5.43 Å². The van der Waals surface area contributed by atoms with E-state index in [1.165, 1.54) is 12.1 Å². The van der Waals surface area contributed by atoms with Crippen LogP contribution in [-0.4, -0.2) is 27.1 Å². The van der Waals surface area contributed by atoms with Gasteiger partial charge in [0, 0.05) is 5.39 Å². The lowest BCUT2D eigenvalue weighted by Crippen LogP contribution is -2.37. The Kier molecular flexibility index (Phi) is 4.31. The van der Waals surface area contributed by atoms with Crippen molar-refractivity contribution in [3.8, 4) is 0 Å². The molecular weight excluding hydrogens is 388 g/mol. The highest BCUT2D eigenvalue weighted by Gasteiger charge is 2.36. The molecule has 0 saturated heterocycles. The molecule has 0 saturated carbocycles. The quantitative estimate of drug-likeness (QED) is 0.539. The molecule has 0 spiro atoms. The van der Waals surface area contributed by atoms with Crippen LogP contribution in [0.1, 0.15) is 5.56 Å². The van der Waals surface area contributed by atoms with E-state index in [1.54, 1.807) is 30.3 Å². The van der Waals surface area contributed by atoms with Gasteiger partial charge in [-0.2, -0.15) is 5.10 Å². The minimum Gasteiger partial charge on any atom is -0.271 e. The highest BCUT2D eigenvalue weighted by atomic mass is 32.2. The molecule has 0 unspecified atom stereocenters. The van der Waals surface area contributed by atoms with Crippen LogP contribution in [0, 0.1) is 11.6 Å². The lowest BCUT2D eigenvalue weighted by Gasteiger charge is -2.17. The molecule has 142 valence electrons. The number of amides is 1. The Bertz CT molecular complexity index is 1220. The Labute approximate surface area is 159 Å². The minimum atomic E-state index is -3.88. The molecule has 0 aliphatic carbocycles. The maximum atomic E-state index is 13.6. The number of carbonyl (C=O) groups is 1. The fourth-order valence-electron chi connectivity index (χ4n) is 3.10. The van der Waals surface area contributed by atoms with Crippen molar-refractivity contribution in [3.05, 3.63) is 71.8 Å².